The van der Waals surface area contributed by atoms with Crippen LogP contribution in [0, 0.1) is 30.1 Å². The number of carbonyl (C=O) groups excluding carboxylic acids is 2. The predicted octanol–water partition coefficient (Wildman–Crippen LogP) is 3.87. The van der Waals surface area contributed by atoms with E-state index < -0.39 is 57.8 Å². The van der Waals surface area contributed by atoms with Crippen LogP contribution in [0.2, 0.25) is 0 Å². The van der Waals surface area contributed by atoms with Gasteiger partial charge in [-0.25, -0.2) is 12.7 Å². The van der Waals surface area contributed by atoms with Crippen molar-refractivity contribution in [2.75, 3.05) is 19.3 Å². The molecule has 1 aromatic heterocycles. The van der Waals surface area contributed by atoms with E-state index in [2.05, 4.69) is 21.5 Å². The first-order valence-corrected chi connectivity index (χ1v) is 19.3. The van der Waals surface area contributed by atoms with Crippen LogP contribution in [0.25, 0.3) is 0 Å². The van der Waals surface area contributed by atoms with Crippen molar-refractivity contribution in [2.45, 2.75) is 109 Å². The number of likely N-dealkylation sites (N-methyl/N-ethyl adjacent to an activating group) is 1. The quantitative estimate of drug-likeness (QED) is 0.154. The molecule has 2 amide bonds. The van der Waals surface area contributed by atoms with E-state index in [0.29, 0.717) is 25.2 Å². The second-order valence-corrected chi connectivity index (χ2v) is 16.0. The molecule has 0 aliphatic heterocycles. The number of hydrogen-bond donors (Lipinski definition) is 4. The highest BCUT2D eigenvalue weighted by Gasteiger charge is 2.35. The van der Waals surface area contributed by atoms with Gasteiger partial charge in [0.1, 0.15) is 12.1 Å². The second-order valence-electron chi connectivity index (χ2n) is 13.9. The predicted molar refractivity (Wildman–Crippen MR) is 193 cm³/mol. The lowest BCUT2D eigenvalue weighted by molar-refractivity contribution is -0.132. The summed E-state index contributed by atoms with van der Waals surface area (Å²) in [6, 6.07) is 12.9. The average molecular weight is 697 g/mol. The number of sulfonamides is 1. The fourth-order valence-corrected chi connectivity index (χ4v) is 7.89. The Labute approximate surface area is 293 Å². The number of carbonyl (C=O) groups is 2. The Morgan fingerprint density at radius 2 is 1.71 bits per heavy atom. The number of amides is 2. The van der Waals surface area contributed by atoms with E-state index in [1.165, 1.54) is 11.4 Å². The third kappa shape index (κ3) is 13.9. The number of aliphatic hydroxyl groups excluding tert-OH is 2. The summed E-state index contributed by atoms with van der Waals surface area (Å²) >= 11 is 0. The van der Waals surface area contributed by atoms with E-state index in [9.17, 15) is 28.2 Å². The van der Waals surface area contributed by atoms with Crippen LogP contribution in [-0.2, 0) is 32.5 Å². The van der Waals surface area contributed by atoms with E-state index in [1.807, 2.05) is 56.3 Å². The summed E-state index contributed by atoms with van der Waals surface area (Å²) in [4.78, 5) is 32.1. The molecule has 49 heavy (non-hydrogen) atoms. The number of nitrogens with one attached hydrogen (secondary N) is 2. The molecule has 1 aliphatic rings. The van der Waals surface area contributed by atoms with Gasteiger partial charge in [0.05, 0.1) is 23.8 Å². The molecule has 0 saturated heterocycles. The van der Waals surface area contributed by atoms with Crippen molar-refractivity contribution in [1.29, 1.82) is 0 Å². The van der Waals surface area contributed by atoms with E-state index in [4.69, 9.17) is 6.42 Å². The summed E-state index contributed by atoms with van der Waals surface area (Å²) in [5.41, 5.74) is 1.54. The minimum absolute atomic E-state index is 0.129. The maximum Gasteiger partial charge on any atom is 0.242 e. The summed E-state index contributed by atoms with van der Waals surface area (Å²) in [5, 5.41) is 27.8. The van der Waals surface area contributed by atoms with Crippen molar-refractivity contribution in [2.24, 2.45) is 17.8 Å². The molecule has 1 heterocycles. The van der Waals surface area contributed by atoms with Gasteiger partial charge in [0, 0.05) is 38.3 Å². The Hall–Kier alpha value is -3.30. The standard InChI is InChI=1S/C38H56N4O6S/c1-5-6-20-33(38(46)41-34(26-30-17-11-8-12-18-30)36(44)35(43)24-28(2)3)40-37(45)31(25-29-15-9-7-10-16-29)27-49(47,48)42(4)23-21-32-19-13-14-22-39-32/h1,7,9-10,13-16,19,22,28,30-31,33-36,43-44H,6,8,11-12,17-18,20-21,23-27H2,2-4H3,(H,40,45)(H,41,46)/t31-,33+,34+,35+,36-/m1/s1. The van der Waals surface area contributed by atoms with Crippen molar-refractivity contribution >= 4 is 21.8 Å². The van der Waals surface area contributed by atoms with Crippen LogP contribution in [0.15, 0.2) is 54.7 Å². The molecular weight excluding hydrogens is 641 g/mol. The van der Waals surface area contributed by atoms with Gasteiger partial charge >= 0.3 is 0 Å². The third-order valence-electron chi connectivity index (χ3n) is 9.36. The molecule has 3 rings (SSSR count). The van der Waals surface area contributed by atoms with Gasteiger partial charge in [-0.05, 0) is 55.2 Å². The molecule has 1 aliphatic carbocycles. The van der Waals surface area contributed by atoms with Crippen LogP contribution in [0.3, 0.4) is 0 Å². The van der Waals surface area contributed by atoms with E-state index in [-0.39, 0.29) is 31.7 Å². The Kier molecular flexibility index (Phi) is 16.7. The fourth-order valence-electron chi connectivity index (χ4n) is 6.49. The average Bonchev–Trinajstić information content (AvgIpc) is 3.08. The molecule has 4 N–H and O–H groups in total. The summed E-state index contributed by atoms with van der Waals surface area (Å²) in [6.07, 6.45) is 12.1. The lowest BCUT2D eigenvalue weighted by Crippen LogP contribution is -2.56. The first-order chi connectivity index (χ1) is 23.4. The van der Waals surface area contributed by atoms with Crippen molar-refractivity contribution in [3.8, 4) is 12.3 Å². The minimum Gasteiger partial charge on any atom is -0.390 e. The Morgan fingerprint density at radius 1 is 1.02 bits per heavy atom. The molecular formula is C38H56N4O6S. The maximum atomic E-state index is 13.9. The molecule has 0 unspecified atom stereocenters. The number of aliphatic hydroxyl groups is 2. The van der Waals surface area contributed by atoms with Gasteiger partial charge in [0.15, 0.2) is 0 Å². The van der Waals surface area contributed by atoms with Crippen molar-refractivity contribution < 1.29 is 28.2 Å². The SMILES string of the molecule is C#CCC[C@H](NC(=O)[C@H](Cc1ccccc1)CS(=O)(=O)N(C)CCc1ccccn1)C(=O)N[C@@H](CC1CCCCC1)[C@@H](O)[C@@H](O)CC(C)C. The number of nitrogens with zero attached hydrogens (tertiary/aromatic N) is 2. The molecule has 2 aromatic rings. The Balaban J connectivity index is 1.80. The summed E-state index contributed by atoms with van der Waals surface area (Å²) in [5.74, 6) is 0.421. The number of pyridine rings is 1. The highest BCUT2D eigenvalue weighted by molar-refractivity contribution is 7.89. The third-order valence-corrected chi connectivity index (χ3v) is 11.3. The van der Waals surface area contributed by atoms with Gasteiger partial charge in [0.2, 0.25) is 21.8 Å². The number of rotatable bonds is 20. The molecule has 11 heteroatoms. The number of benzene rings is 1. The van der Waals surface area contributed by atoms with Crippen molar-refractivity contribution in [3.63, 3.8) is 0 Å². The van der Waals surface area contributed by atoms with E-state index in [1.54, 1.807) is 12.3 Å². The lowest BCUT2D eigenvalue weighted by Gasteiger charge is -2.34. The topological polar surface area (TPSA) is 149 Å². The summed E-state index contributed by atoms with van der Waals surface area (Å²) < 4.78 is 28.4. The molecule has 10 nitrogen and oxygen atoms in total. The molecule has 1 fully saturated rings. The first-order valence-electron chi connectivity index (χ1n) is 17.7. The first kappa shape index (κ1) is 40.1. The molecule has 5 atom stereocenters. The van der Waals surface area contributed by atoms with Gasteiger partial charge in [-0.1, -0.05) is 82.3 Å². The Bertz CT molecular complexity index is 1430. The second kappa shape index (κ2) is 20.4. The molecule has 0 radical (unpaired) electrons. The number of hydrogen-bond acceptors (Lipinski definition) is 7. The molecule has 270 valence electrons. The summed E-state index contributed by atoms with van der Waals surface area (Å²) in [6.45, 7) is 4.11. The fraction of sp³-hybridized carbons (Fsp3) is 0.605. The molecule has 1 aromatic carbocycles. The Morgan fingerprint density at radius 3 is 2.35 bits per heavy atom. The number of aromatic nitrogens is 1. The van der Waals surface area contributed by atoms with Crippen LogP contribution >= 0.6 is 0 Å². The van der Waals surface area contributed by atoms with Crippen LogP contribution < -0.4 is 10.6 Å². The van der Waals surface area contributed by atoms with E-state index in [0.717, 1.165) is 43.4 Å². The van der Waals surface area contributed by atoms with Crippen molar-refractivity contribution in [3.05, 3.63) is 66.0 Å². The molecule has 0 spiro atoms. The van der Waals surface area contributed by atoms with Gasteiger partial charge in [0.25, 0.3) is 0 Å². The monoisotopic (exact) mass is 696 g/mol. The summed E-state index contributed by atoms with van der Waals surface area (Å²) in [7, 11) is -2.39. The van der Waals surface area contributed by atoms with Gasteiger partial charge < -0.3 is 20.8 Å². The van der Waals surface area contributed by atoms with Crippen molar-refractivity contribution in [1.82, 2.24) is 19.9 Å². The van der Waals surface area contributed by atoms with Gasteiger partial charge in [-0.15, -0.1) is 12.3 Å². The zero-order valence-electron chi connectivity index (χ0n) is 29.3. The van der Waals surface area contributed by atoms with Gasteiger partial charge in [-0.3, -0.25) is 14.6 Å². The lowest BCUT2D eigenvalue weighted by atomic mass is 9.82. The highest BCUT2D eigenvalue weighted by atomic mass is 32.2. The smallest absolute Gasteiger partial charge is 0.242 e. The number of terminal acetylenes is 1. The highest BCUT2D eigenvalue weighted by Crippen LogP contribution is 2.29. The molecule has 1 saturated carbocycles. The van der Waals surface area contributed by atoms with Crippen LogP contribution in [0.1, 0.15) is 82.9 Å². The van der Waals surface area contributed by atoms with Crippen LogP contribution in [0.5, 0.6) is 0 Å². The van der Waals surface area contributed by atoms with Crippen LogP contribution in [0.4, 0.5) is 0 Å². The zero-order valence-corrected chi connectivity index (χ0v) is 30.2. The normalized spacial score (nSPS) is 17.1. The van der Waals surface area contributed by atoms with Gasteiger partial charge in [-0.2, -0.15) is 0 Å². The zero-order chi connectivity index (χ0) is 35.8. The largest absolute Gasteiger partial charge is 0.390 e. The molecule has 0 bridgehead atoms. The minimum atomic E-state index is -3.88. The van der Waals surface area contributed by atoms with Crippen LogP contribution in [-0.4, -0.2) is 83.4 Å². The van der Waals surface area contributed by atoms with E-state index >= 15 is 0 Å². The maximum absolute atomic E-state index is 13.9.